The van der Waals surface area contributed by atoms with E-state index in [4.69, 9.17) is 16.3 Å². The van der Waals surface area contributed by atoms with E-state index in [0.29, 0.717) is 16.3 Å². The van der Waals surface area contributed by atoms with Gasteiger partial charge in [0.25, 0.3) is 5.91 Å². The van der Waals surface area contributed by atoms with Crippen molar-refractivity contribution >= 4 is 55.6 Å². The second-order valence-corrected chi connectivity index (χ2v) is 6.42. The number of methoxy groups -OCH3 is 1. The first kappa shape index (κ1) is 17.0. The van der Waals surface area contributed by atoms with Crippen molar-refractivity contribution in [2.24, 2.45) is 5.10 Å². The van der Waals surface area contributed by atoms with Crippen molar-refractivity contribution < 1.29 is 9.53 Å². The Hall–Kier alpha value is -1.37. The fourth-order valence-corrected chi connectivity index (χ4v) is 3.26. The second kappa shape index (κ2) is 7.76. The normalized spacial score (nSPS) is 10.7. The van der Waals surface area contributed by atoms with Gasteiger partial charge in [-0.1, -0.05) is 27.5 Å². The highest BCUT2D eigenvalue weighted by Gasteiger charge is 2.08. The van der Waals surface area contributed by atoms with Crippen LogP contribution in [-0.2, 0) is 0 Å². The highest BCUT2D eigenvalue weighted by molar-refractivity contribution is 9.11. The topological polar surface area (TPSA) is 50.7 Å². The molecule has 0 saturated heterocycles. The third kappa shape index (κ3) is 4.32. The zero-order chi connectivity index (χ0) is 16.1. The van der Waals surface area contributed by atoms with Gasteiger partial charge in [0, 0.05) is 20.6 Å². The molecule has 0 radical (unpaired) electrons. The molecule has 0 fully saturated rings. The minimum absolute atomic E-state index is 0.319. The van der Waals surface area contributed by atoms with Gasteiger partial charge in [0.15, 0.2) is 0 Å². The molecule has 0 bridgehead atoms. The summed E-state index contributed by atoms with van der Waals surface area (Å²) in [5.74, 6) is 0.314. The number of nitrogens with zero attached hydrogens (tertiary/aromatic N) is 1. The fraction of sp³-hybridized carbons (Fsp3) is 0.0667. The van der Waals surface area contributed by atoms with Gasteiger partial charge < -0.3 is 4.74 Å². The Bertz CT molecular complexity index is 718. The lowest BCUT2D eigenvalue weighted by Crippen LogP contribution is -2.17. The first-order chi connectivity index (χ1) is 10.5. The predicted molar refractivity (Wildman–Crippen MR) is 94.9 cm³/mol. The van der Waals surface area contributed by atoms with E-state index in [1.54, 1.807) is 31.4 Å². The van der Waals surface area contributed by atoms with Crippen LogP contribution < -0.4 is 10.2 Å². The van der Waals surface area contributed by atoms with Crippen molar-refractivity contribution in [3.63, 3.8) is 0 Å². The summed E-state index contributed by atoms with van der Waals surface area (Å²) in [6.07, 6.45) is 1.52. The summed E-state index contributed by atoms with van der Waals surface area (Å²) in [6.45, 7) is 0. The quantitative estimate of drug-likeness (QED) is 0.550. The monoisotopic (exact) mass is 444 g/mol. The number of amides is 1. The molecule has 1 N–H and O–H groups in total. The zero-order valence-electron chi connectivity index (χ0n) is 11.4. The first-order valence-electron chi connectivity index (χ1n) is 6.13. The van der Waals surface area contributed by atoms with Gasteiger partial charge in [-0.05, 0) is 52.3 Å². The molecule has 0 atom stereocenters. The Kier molecular flexibility index (Phi) is 5.99. The van der Waals surface area contributed by atoms with E-state index in [0.717, 1.165) is 14.5 Å². The van der Waals surface area contributed by atoms with Crippen LogP contribution in [0.1, 0.15) is 15.9 Å². The number of hydrogen-bond donors (Lipinski definition) is 1. The number of rotatable bonds is 4. The number of benzene rings is 2. The second-order valence-electron chi connectivity index (χ2n) is 4.22. The maximum absolute atomic E-state index is 11.9. The molecule has 0 spiro atoms. The number of hydrogen-bond acceptors (Lipinski definition) is 3. The lowest BCUT2D eigenvalue weighted by Gasteiger charge is -2.07. The van der Waals surface area contributed by atoms with Crippen LogP contribution in [0.15, 0.2) is 50.4 Å². The van der Waals surface area contributed by atoms with Crippen LogP contribution in [0.4, 0.5) is 0 Å². The van der Waals surface area contributed by atoms with Crippen LogP contribution in [0.2, 0.25) is 5.02 Å². The van der Waals surface area contributed by atoms with Gasteiger partial charge in [0.2, 0.25) is 0 Å². The van der Waals surface area contributed by atoms with Crippen LogP contribution in [0.5, 0.6) is 5.75 Å². The maximum Gasteiger partial charge on any atom is 0.271 e. The van der Waals surface area contributed by atoms with Crippen LogP contribution in [0, 0.1) is 0 Å². The third-order valence-corrected chi connectivity index (χ3v) is 4.02. The number of halogens is 3. The number of nitrogens with one attached hydrogen (secondary N) is 1. The fourth-order valence-electron chi connectivity index (χ4n) is 1.72. The van der Waals surface area contributed by atoms with E-state index in [2.05, 4.69) is 42.4 Å². The molecule has 0 heterocycles. The van der Waals surface area contributed by atoms with Crippen molar-refractivity contribution in [3.8, 4) is 5.75 Å². The maximum atomic E-state index is 11.9. The summed E-state index contributed by atoms with van der Waals surface area (Å²) in [5.41, 5.74) is 3.66. The Morgan fingerprint density at radius 3 is 2.59 bits per heavy atom. The van der Waals surface area contributed by atoms with Gasteiger partial charge in [-0.2, -0.15) is 5.10 Å². The van der Waals surface area contributed by atoms with E-state index < -0.39 is 0 Å². The van der Waals surface area contributed by atoms with Gasteiger partial charge >= 0.3 is 0 Å². The third-order valence-electron chi connectivity index (χ3n) is 2.72. The summed E-state index contributed by atoms with van der Waals surface area (Å²) < 4.78 is 6.95. The minimum atomic E-state index is -0.319. The standard InChI is InChI=1S/C15H11Br2ClN2O2/c1-22-14-10(6-11(16)7-13(14)17)8-19-20-15(21)9-2-4-12(18)5-3-9/h2-8H,1H3,(H,20,21). The van der Waals surface area contributed by atoms with E-state index in [1.165, 1.54) is 6.21 Å². The van der Waals surface area contributed by atoms with Crippen molar-refractivity contribution in [2.75, 3.05) is 7.11 Å². The minimum Gasteiger partial charge on any atom is -0.495 e. The van der Waals surface area contributed by atoms with Crippen LogP contribution in [-0.4, -0.2) is 19.2 Å². The van der Waals surface area contributed by atoms with Crippen LogP contribution in [0.3, 0.4) is 0 Å². The zero-order valence-corrected chi connectivity index (χ0v) is 15.4. The lowest BCUT2D eigenvalue weighted by atomic mass is 10.2. The molecule has 0 unspecified atom stereocenters. The van der Waals surface area contributed by atoms with Crippen molar-refractivity contribution in [1.29, 1.82) is 0 Å². The molecule has 2 rings (SSSR count). The predicted octanol–water partition coefficient (Wildman–Crippen LogP) is 4.64. The van der Waals surface area contributed by atoms with Crippen molar-refractivity contribution in [1.82, 2.24) is 5.43 Å². The average Bonchev–Trinajstić information content (AvgIpc) is 2.47. The Labute approximate surface area is 149 Å². The SMILES string of the molecule is COc1c(Br)cc(Br)cc1C=NNC(=O)c1ccc(Cl)cc1. The summed E-state index contributed by atoms with van der Waals surface area (Å²) in [6, 6.07) is 10.3. The highest BCUT2D eigenvalue weighted by Crippen LogP contribution is 2.31. The van der Waals surface area contributed by atoms with E-state index in [9.17, 15) is 4.79 Å². The molecule has 114 valence electrons. The number of hydrazone groups is 1. The van der Waals surface area contributed by atoms with Gasteiger partial charge in [0.1, 0.15) is 5.75 Å². The largest absolute Gasteiger partial charge is 0.495 e. The highest BCUT2D eigenvalue weighted by atomic mass is 79.9. The molecule has 7 heteroatoms. The molecular weight excluding hydrogens is 435 g/mol. The molecular formula is C15H11Br2ClN2O2. The van der Waals surface area contributed by atoms with E-state index in [-0.39, 0.29) is 5.91 Å². The van der Waals surface area contributed by atoms with E-state index >= 15 is 0 Å². The molecule has 2 aromatic carbocycles. The van der Waals surface area contributed by atoms with Gasteiger partial charge in [-0.15, -0.1) is 0 Å². The first-order valence-corrected chi connectivity index (χ1v) is 8.09. The molecule has 4 nitrogen and oxygen atoms in total. The summed E-state index contributed by atoms with van der Waals surface area (Å²) in [5, 5.41) is 4.52. The van der Waals surface area contributed by atoms with E-state index in [1.807, 2.05) is 12.1 Å². The average molecular weight is 447 g/mol. The summed E-state index contributed by atoms with van der Waals surface area (Å²) >= 11 is 12.6. The molecule has 0 aliphatic rings. The van der Waals surface area contributed by atoms with Crippen LogP contribution >= 0.6 is 43.5 Å². The summed E-state index contributed by atoms with van der Waals surface area (Å²) in [7, 11) is 1.57. The Morgan fingerprint density at radius 1 is 1.27 bits per heavy atom. The lowest BCUT2D eigenvalue weighted by molar-refractivity contribution is 0.0955. The van der Waals surface area contributed by atoms with Gasteiger partial charge in [0.05, 0.1) is 17.8 Å². The Balaban J connectivity index is 2.12. The van der Waals surface area contributed by atoms with Crippen LogP contribution in [0.25, 0.3) is 0 Å². The number of ether oxygens (including phenoxy) is 1. The summed E-state index contributed by atoms with van der Waals surface area (Å²) in [4.78, 5) is 11.9. The molecule has 0 saturated carbocycles. The van der Waals surface area contributed by atoms with Gasteiger partial charge in [-0.25, -0.2) is 5.43 Å². The molecule has 1 amide bonds. The van der Waals surface area contributed by atoms with Crippen molar-refractivity contribution in [3.05, 3.63) is 61.5 Å². The molecule has 0 aliphatic carbocycles. The molecule has 2 aromatic rings. The number of carbonyl (C=O) groups excluding carboxylic acids is 1. The smallest absolute Gasteiger partial charge is 0.271 e. The van der Waals surface area contributed by atoms with Crippen molar-refractivity contribution in [2.45, 2.75) is 0 Å². The molecule has 0 aromatic heterocycles. The Morgan fingerprint density at radius 2 is 1.95 bits per heavy atom. The van der Waals surface area contributed by atoms with Gasteiger partial charge in [-0.3, -0.25) is 4.79 Å². The molecule has 0 aliphatic heterocycles. The molecule has 22 heavy (non-hydrogen) atoms. The number of carbonyl (C=O) groups is 1.